The Hall–Kier alpha value is -7.43. The molecule has 7 aromatic rings. The lowest BCUT2D eigenvalue weighted by molar-refractivity contribution is -0.0363. The maximum Gasteiger partial charge on any atom is 0.569 e. The van der Waals surface area contributed by atoms with Crippen LogP contribution in [0, 0.1) is 0 Å². The number of aromatic nitrogens is 6. The molecule has 0 aliphatic carbocycles. The van der Waals surface area contributed by atoms with Crippen molar-refractivity contribution in [3.63, 3.8) is 0 Å². The van der Waals surface area contributed by atoms with Crippen LogP contribution in [0.15, 0.2) is 152 Å². The number of likely N-dealkylation sites (tertiary alicyclic amines) is 1. The van der Waals surface area contributed by atoms with Gasteiger partial charge < -0.3 is 30.8 Å². The lowest BCUT2D eigenvalue weighted by Crippen LogP contribution is -2.46. The highest BCUT2D eigenvalue weighted by molar-refractivity contribution is 6.29. The van der Waals surface area contributed by atoms with Crippen LogP contribution in [0.3, 0.4) is 0 Å². The number of nitrogens with one attached hydrogen (secondary N) is 1. The minimum atomic E-state index is -0.623. The van der Waals surface area contributed by atoms with Gasteiger partial charge in [-0.2, -0.15) is 0 Å². The molecule has 2 aliphatic heterocycles. The number of piperidine rings is 1. The van der Waals surface area contributed by atoms with E-state index in [0.29, 0.717) is 67.5 Å². The Labute approximate surface area is 351 Å². The number of hydrogen-bond donors (Lipinski definition) is 4. The second-order valence-electron chi connectivity index (χ2n) is 13.0. The van der Waals surface area contributed by atoms with E-state index in [0.717, 1.165) is 28.1 Å². The number of urea groups is 1. The highest BCUT2D eigenvalue weighted by Crippen LogP contribution is 2.44. The highest BCUT2D eigenvalue weighted by atomic mass is 35.5. The number of amides is 2. The lowest BCUT2D eigenvalue weighted by atomic mass is 9.84. The smallest absolute Gasteiger partial charge is 0.537 e. The summed E-state index contributed by atoms with van der Waals surface area (Å²) in [5, 5.41) is 11.3. The van der Waals surface area contributed by atoms with Gasteiger partial charge in [-0.15, -0.1) is 0 Å². The minimum absolute atomic E-state index is 0.232. The van der Waals surface area contributed by atoms with E-state index in [9.17, 15) is 9.59 Å². The van der Waals surface area contributed by atoms with Crippen molar-refractivity contribution in [3.05, 3.63) is 169 Å². The zero-order valence-electron chi connectivity index (χ0n) is 32.1. The predicted molar refractivity (Wildman–Crippen MR) is 229 cm³/mol. The number of benzene rings is 4. The van der Waals surface area contributed by atoms with Crippen LogP contribution < -0.4 is 21.4 Å². The number of nitrogens with two attached hydrogens (primary N) is 2. The largest absolute Gasteiger partial charge is 0.569 e. The number of nitrogen functional groups attached to an aromatic ring is 2. The maximum atomic E-state index is 12.7. The average molecular weight is 822 g/mol. The van der Waals surface area contributed by atoms with Crippen molar-refractivity contribution in [1.29, 1.82) is 0 Å². The molecule has 15 nitrogen and oxygen atoms in total. The molecule has 0 bridgehead atoms. The number of rotatable bonds is 5. The normalized spacial score (nSPS) is 13.0. The molecule has 3 aromatic heterocycles. The number of carbonyl (C=O) groups excluding carboxylic acids is 2. The molecule has 0 unspecified atom stereocenters. The van der Waals surface area contributed by atoms with E-state index in [4.69, 9.17) is 32.8 Å². The molecule has 5 heterocycles. The van der Waals surface area contributed by atoms with Crippen LogP contribution in [0.2, 0.25) is 5.15 Å². The fourth-order valence-electron chi connectivity index (χ4n) is 6.11. The van der Waals surface area contributed by atoms with Crippen molar-refractivity contribution in [2.24, 2.45) is 0 Å². The number of hydrogen-bond acceptors (Lipinski definition) is 13. The molecule has 60 heavy (non-hydrogen) atoms. The summed E-state index contributed by atoms with van der Waals surface area (Å²) in [4.78, 5) is 50.7. The zero-order valence-corrected chi connectivity index (χ0v) is 32.8. The van der Waals surface area contributed by atoms with Gasteiger partial charge in [-0.05, 0) is 18.2 Å². The molecule has 17 heteroatoms. The van der Waals surface area contributed by atoms with Crippen LogP contribution in [-0.4, -0.2) is 72.6 Å². The third kappa shape index (κ3) is 11.6. The van der Waals surface area contributed by atoms with Crippen LogP contribution in [-0.2, 0) is 10.3 Å². The number of nitrogens with zero attached hydrogens (tertiary/aromatic N) is 7. The fraction of sp³-hybridized carbons (Fsp3) is 0.116. The van der Waals surface area contributed by atoms with Gasteiger partial charge in [-0.3, -0.25) is 15.3 Å². The first-order chi connectivity index (χ1) is 29.2. The quantitative estimate of drug-likeness (QED) is 0.103. The summed E-state index contributed by atoms with van der Waals surface area (Å²) in [6.07, 6.45) is 10.4. The highest BCUT2D eigenvalue weighted by Gasteiger charge is 2.47. The number of carbonyl (C=O) groups is 2. The molecule has 4 aromatic carbocycles. The number of ether oxygens (including phenoxy) is 1. The number of anilines is 3. The summed E-state index contributed by atoms with van der Waals surface area (Å²) in [7, 11) is 0.662. The van der Waals surface area contributed by atoms with Gasteiger partial charge in [0.15, 0.2) is 5.82 Å². The van der Waals surface area contributed by atoms with Crippen LogP contribution in [0.1, 0.15) is 28.8 Å². The monoisotopic (exact) mass is 821 g/mol. The first-order valence-electron chi connectivity index (χ1n) is 18.5. The van der Waals surface area contributed by atoms with Crippen molar-refractivity contribution in [2.75, 3.05) is 29.9 Å². The van der Waals surface area contributed by atoms with Crippen molar-refractivity contribution in [2.45, 2.75) is 18.4 Å². The molecule has 301 valence electrons. The Balaban J connectivity index is 0.000000164. The minimum Gasteiger partial charge on any atom is -0.537 e. The van der Waals surface area contributed by atoms with Gasteiger partial charge in [0, 0.05) is 42.6 Å². The Morgan fingerprint density at radius 1 is 0.700 bits per heavy atom. The van der Waals surface area contributed by atoms with E-state index >= 15 is 0 Å². The van der Waals surface area contributed by atoms with Crippen molar-refractivity contribution < 1.29 is 24.0 Å². The average Bonchev–Trinajstić information content (AvgIpc) is 3.57. The zero-order chi connectivity index (χ0) is 42.2. The number of para-hydroxylation sites is 1. The topological polar surface area (TPSA) is 217 Å². The van der Waals surface area contributed by atoms with Crippen LogP contribution in [0.5, 0.6) is 5.75 Å². The number of halogens is 1. The van der Waals surface area contributed by atoms with Crippen molar-refractivity contribution in [1.82, 2.24) is 34.8 Å². The molecule has 0 atom stereocenters. The molecule has 1 spiro atoms. The Morgan fingerprint density at radius 2 is 1.23 bits per heavy atom. The Morgan fingerprint density at radius 3 is 1.75 bits per heavy atom. The second-order valence-corrected chi connectivity index (χ2v) is 13.4. The van der Waals surface area contributed by atoms with Gasteiger partial charge in [-0.25, -0.2) is 29.5 Å². The van der Waals surface area contributed by atoms with E-state index in [1.54, 1.807) is 47.9 Å². The van der Waals surface area contributed by atoms with Gasteiger partial charge in [-0.1, -0.05) is 109 Å². The van der Waals surface area contributed by atoms with Gasteiger partial charge in [0.1, 0.15) is 22.4 Å². The van der Waals surface area contributed by atoms with Gasteiger partial charge in [0.25, 0.3) is 0 Å². The van der Waals surface area contributed by atoms with Crippen molar-refractivity contribution >= 4 is 48.7 Å². The van der Waals surface area contributed by atoms with Crippen LogP contribution >= 0.6 is 11.6 Å². The number of fused-ring (bicyclic) bond motifs is 2. The molecule has 2 aliphatic rings. The molecular formula is C43H39BClN10O5. The Bertz CT molecular complexity index is 2390. The summed E-state index contributed by atoms with van der Waals surface area (Å²) < 4.78 is 10.4. The molecule has 0 saturated carbocycles. The summed E-state index contributed by atoms with van der Waals surface area (Å²) in [5.41, 5.74) is 15.2. The van der Waals surface area contributed by atoms with Gasteiger partial charge in [0.2, 0.25) is 0 Å². The van der Waals surface area contributed by atoms with Gasteiger partial charge in [0.05, 0.1) is 59.9 Å². The summed E-state index contributed by atoms with van der Waals surface area (Å²) in [6.45, 7) is 0.978. The molecule has 1 radical (unpaired) electrons. The number of esters is 1. The molecule has 2 amide bonds. The third-order valence-corrected chi connectivity index (χ3v) is 9.25. The summed E-state index contributed by atoms with van der Waals surface area (Å²) >= 11 is 5.38. The van der Waals surface area contributed by atoms with Crippen molar-refractivity contribution in [3.8, 4) is 28.3 Å². The van der Waals surface area contributed by atoms with Crippen LogP contribution in [0.25, 0.3) is 22.5 Å². The van der Waals surface area contributed by atoms with E-state index < -0.39 is 5.60 Å². The standard InChI is InChI=1S/C23H20N4O3.C10H9N3.C6H6BO2.C4H4ClN3/c28-21-17-8-4-5-9-18(17)23(30-21)10-12-27(13-11-23)22(29)26-20-15-24-19(14-25-20)16-6-2-1-3-7-16;11-10-7-12-9(6-13-10)8-4-2-1-3-5-8;8-7-9-6-4-2-1-3-5-6;5-3-1-8-4(6)2-7-3/h1-9,14-15H,10-13H2,(H,25,26,29);1-7H,(H2,11,13);1-5,8H;1-2H,(H2,6,8). The third-order valence-electron chi connectivity index (χ3n) is 9.05. The lowest BCUT2D eigenvalue weighted by Gasteiger charge is -2.38. The molecule has 9 rings (SSSR count). The van der Waals surface area contributed by atoms with E-state index in [1.807, 2.05) is 97.1 Å². The molecule has 6 N–H and O–H groups in total. The first-order valence-corrected chi connectivity index (χ1v) is 18.9. The van der Waals surface area contributed by atoms with E-state index in [1.165, 1.54) is 12.4 Å². The summed E-state index contributed by atoms with van der Waals surface area (Å²) in [5.74, 6) is 1.59. The molecule has 1 fully saturated rings. The fourth-order valence-corrected chi connectivity index (χ4v) is 6.20. The summed E-state index contributed by atoms with van der Waals surface area (Å²) in [6, 6.07) is 35.9. The Kier molecular flexibility index (Phi) is 14.6. The first kappa shape index (κ1) is 42.2. The van der Waals surface area contributed by atoms with E-state index in [2.05, 4.69) is 39.9 Å². The molecular weight excluding hydrogens is 783 g/mol. The second kappa shape index (κ2) is 20.8. The van der Waals surface area contributed by atoms with E-state index in [-0.39, 0.29) is 12.0 Å². The SMILES string of the molecule is Nc1cnc(-c2ccccc2)cn1.Nc1cnc(Cl)cn1.O=C1OC2(CCN(C(=O)Nc3cnc(-c4ccccc4)cn3)CC2)c2ccccc21.O[B]Oc1ccccc1. The van der Waals surface area contributed by atoms with Gasteiger partial charge >= 0.3 is 19.7 Å². The maximum absolute atomic E-state index is 12.7. The molecule has 1 saturated heterocycles. The van der Waals surface area contributed by atoms with Crippen LogP contribution in [0.4, 0.5) is 22.2 Å². The predicted octanol–water partition coefficient (Wildman–Crippen LogP) is 6.87.